The highest BCUT2D eigenvalue weighted by Crippen LogP contribution is 2.60. The van der Waals surface area contributed by atoms with Gasteiger partial charge in [0, 0.05) is 50.9 Å². The van der Waals surface area contributed by atoms with E-state index in [1.807, 2.05) is 0 Å². The van der Waals surface area contributed by atoms with Gasteiger partial charge in [-0.1, -0.05) is 156 Å². The molecule has 2 unspecified atom stereocenters. The first-order valence-corrected chi connectivity index (χ1v) is 23.9. The molecule has 0 bridgehead atoms. The Morgan fingerprint density at radius 2 is 0.984 bits per heavy atom. The highest BCUT2D eigenvalue weighted by Gasteiger charge is 2.56. The van der Waals surface area contributed by atoms with Crippen molar-refractivity contribution in [2.24, 2.45) is 0 Å². The fraction of sp³-hybridized carbons (Fsp3) is 0.390. The zero-order chi connectivity index (χ0) is 44.4. The van der Waals surface area contributed by atoms with Gasteiger partial charge in [-0.2, -0.15) is 0 Å². The molecule has 63 heavy (non-hydrogen) atoms. The Balaban J connectivity index is 1.25. The molecule has 0 saturated heterocycles. The molecule has 4 aliphatic rings. The summed E-state index contributed by atoms with van der Waals surface area (Å²) in [5.74, 6) is 0. The maximum absolute atomic E-state index is 2.78. The normalized spacial score (nSPS) is 20.6. The fourth-order valence-electron chi connectivity index (χ4n) is 12.0. The third kappa shape index (κ3) is 6.51. The molecule has 2 atom stereocenters. The molecule has 0 spiro atoms. The van der Waals surface area contributed by atoms with Gasteiger partial charge < -0.3 is 14.7 Å². The number of hydrogen-bond donors (Lipinski definition) is 0. The quantitative estimate of drug-likeness (QED) is 0.164. The molecule has 10 rings (SSSR count). The fourth-order valence-corrected chi connectivity index (χ4v) is 12.0. The van der Waals surface area contributed by atoms with Gasteiger partial charge in [0.1, 0.15) is 0 Å². The summed E-state index contributed by atoms with van der Waals surface area (Å²) >= 11 is 0. The zero-order valence-corrected chi connectivity index (χ0v) is 40.2. The maximum atomic E-state index is 2.78. The van der Waals surface area contributed by atoms with Gasteiger partial charge in [0.25, 0.3) is 6.71 Å². The van der Waals surface area contributed by atoms with E-state index in [1.165, 1.54) is 128 Å². The summed E-state index contributed by atoms with van der Waals surface area (Å²) in [6.07, 6.45) is 7.57. The second kappa shape index (κ2) is 14.4. The molecule has 6 aromatic carbocycles. The van der Waals surface area contributed by atoms with E-state index in [-0.39, 0.29) is 33.9 Å². The number of anilines is 8. The van der Waals surface area contributed by atoms with Crippen LogP contribution in [-0.4, -0.2) is 12.3 Å². The molecule has 0 N–H and O–H groups in total. The second-order valence-electron chi connectivity index (χ2n) is 23.1. The minimum absolute atomic E-state index is 0.00435. The van der Waals surface area contributed by atoms with Crippen LogP contribution < -0.4 is 31.1 Å². The third-order valence-corrected chi connectivity index (χ3v) is 15.8. The van der Waals surface area contributed by atoms with Crippen LogP contribution in [0.25, 0.3) is 0 Å². The highest BCUT2D eigenvalue weighted by atomic mass is 15.3. The molecule has 1 aliphatic carbocycles. The number of benzene rings is 6. The Hall–Kier alpha value is -5.22. The van der Waals surface area contributed by atoms with Crippen LogP contribution >= 0.6 is 0 Å². The Bertz CT molecular complexity index is 2740. The summed E-state index contributed by atoms with van der Waals surface area (Å²) in [6.45, 7) is 28.4. The summed E-state index contributed by atoms with van der Waals surface area (Å²) in [5, 5.41) is 0. The van der Waals surface area contributed by atoms with Crippen molar-refractivity contribution in [2.75, 3.05) is 14.7 Å². The number of aryl methyl sites for hydroxylation is 1. The minimum Gasteiger partial charge on any atom is -0.334 e. The summed E-state index contributed by atoms with van der Waals surface area (Å²) < 4.78 is 0. The molecule has 6 aromatic rings. The molecule has 3 aliphatic heterocycles. The van der Waals surface area contributed by atoms with E-state index in [9.17, 15) is 0 Å². The topological polar surface area (TPSA) is 9.72 Å². The molecule has 322 valence electrons. The van der Waals surface area contributed by atoms with Crippen molar-refractivity contribution in [2.45, 2.75) is 149 Å². The van der Waals surface area contributed by atoms with Crippen molar-refractivity contribution < 1.29 is 0 Å². The van der Waals surface area contributed by atoms with Crippen LogP contribution in [0.5, 0.6) is 0 Å². The van der Waals surface area contributed by atoms with E-state index >= 15 is 0 Å². The lowest BCUT2D eigenvalue weighted by molar-refractivity contribution is 0.218. The van der Waals surface area contributed by atoms with Gasteiger partial charge in [0.05, 0.1) is 5.54 Å². The van der Waals surface area contributed by atoms with Gasteiger partial charge in [0.2, 0.25) is 0 Å². The van der Waals surface area contributed by atoms with Gasteiger partial charge in [0.15, 0.2) is 0 Å². The Morgan fingerprint density at radius 3 is 1.57 bits per heavy atom. The van der Waals surface area contributed by atoms with E-state index in [4.69, 9.17) is 0 Å². The van der Waals surface area contributed by atoms with E-state index in [0.717, 1.165) is 0 Å². The standard InChI is InChI=1S/C59H68BN3/c1-39-35-52-54-53(36-39)62(44-28-23-41(24-29-44)56(5,6)7)51-38-45(63-49-20-16-15-19-46(49)58(11)33-17-13-14-18-34-59(58,63)12)30-31-47(51)60(54)48-37-42(57(8,9)10)25-32-50(48)61(52)43-26-21-40(22-27-43)55(2,3)4/h15-16,19-32,35-38H,13-14,17-18,33-34H2,1-12H3. The molecule has 3 nitrogen and oxygen atoms in total. The van der Waals surface area contributed by atoms with Crippen molar-refractivity contribution in [1.82, 2.24) is 0 Å². The average Bonchev–Trinajstić information content (AvgIpc) is 3.41. The molecular weight excluding hydrogens is 761 g/mol. The number of nitrogens with zero attached hydrogens (tertiary/aromatic N) is 3. The minimum atomic E-state index is -0.0526. The van der Waals surface area contributed by atoms with Crippen molar-refractivity contribution in [1.29, 1.82) is 0 Å². The van der Waals surface area contributed by atoms with Crippen molar-refractivity contribution in [3.8, 4) is 0 Å². The van der Waals surface area contributed by atoms with Gasteiger partial charge in [-0.25, -0.2) is 0 Å². The van der Waals surface area contributed by atoms with Crippen LogP contribution in [0, 0.1) is 6.92 Å². The summed E-state index contributed by atoms with van der Waals surface area (Å²) in [6, 6.07) is 48.1. The molecular formula is C59H68BN3. The number of para-hydroxylation sites is 1. The van der Waals surface area contributed by atoms with Crippen LogP contribution in [0.2, 0.25) is 0 Å². The van der Waals surface area contributed by atoms with Crippen LogP contribution in [-0.2, 0) is 21.7 Å². The van der Waals surface area contributed by atoms with Gasteiger partial charge in [-0.3, -0.25) is 0 Å². The van der Waals surface area contributed by atoms with Crippen LogP contribution in [0.15, 0.2) is 121 Å². The van der Waals surface area contributed by atoms with Crippen molar-refractivity contribution in [3.05, 3.63) is 149 Å². The lowest BCUT2D eigenvalue weighted by atomic mass is 9.33. The third-order valence-electron chi connectivity index (χ3n) is 15.8. The number of rotatable bonds is 3. The molecule has 0 amide bonds. The first kappa shape index (κ1) is 41.8. The van der Waals surface area contributed by atoms with Crippen molar-refractivity contribution >= 4 is 68.6 Å². The largest absolute Gasteiger partial charge is 0.334 e. The van der Waals surface area contributed by atoms with Gasteiger partial charge >= 0.3 is 0 Å². The number of fused-ring (bicyclic) bond motifs is 7. The lowest BCUT2D eigenvalue weighted by Gasteiger charge is -2.49. The predicted molar refractivity (Wildman–Crippen MR) is 273 cm³/mol. The smallest absolute Gasteiger partial charge is 0.252 e. The Kier molecular flexibility index (Phi) is 9.55. The molecule has 0 radical (unpaired) electrons. The van der Waals surface area contributed by atoms with Crippen LogP contribution in [0.4, 0.5) is 45.5 Å². The maximum Gasteiger partial charge on any atom is 0.252 e. The predicted octanol–water partition coefficient (Wildman–Crippen LogP) is 14.5. The molecule has 1 fully saturated rings. The van der Waals surface area contributed by atoms with E-state index in [1.54, 1.807) is 0 Å². The van der Waals surface area contributed by atoms with Gasteiger partial charge in [-0.15, -0.1) is 0 Å². The molecule has 1 saturated carbocycles. The summed E-state index contributed by atoms with van der Waals surface area (Å²) in [7, 11) is 0. The molecule has 4 heteroatoms. The van der Waals surface area contributed by atoms with Crippen LogP contribution in [0.3, 0.4) is 0 Å². The number of hydrogen-bond acceptors (Lipinski definition) is 3. The molecule has 0 aromatic heterocycles. The Labute approximate surface area is 379 Å². The summed E-state index contributed by atoms with van der Waals surface area (Å²) in [5.41, 5.74) is 21.2. The first-order valence-electron chi connectivity index (χ1n) is 23.9. The SMILES string of the molecule is Cc1cc2c3c(c1)N(c1ccc(C(C)(C)C)cc1)c1cc(N4c5ccccc5C5(C)CCCCCCC45C)ccc1B3c1cc(C(C)(C)C)ccc1N2c1ccc(C(C)(C)C)cc1. The van der Waals surface area contributed by atoms with Crippen LogP contribution in [0.1, 0.15) is 143 Å². The zero-order valence-electron chi connectivity index (χ0n) is 40.2. The Morgan fingerprint density at radius 1 is 0.460 bits per heavy atom. The lowest BCUT2D eigenvalue weighted by Crippen LogP contribution is -2.61. The highest BCUT2D eigenvalue weighted by molar-refractivity contribution is 7.00. The monoisotopic (exact) mass is 830 g/mol. The van der Waals surface area contributed by atoms with Crippen molar-refractivity contribution in [3.63, 3.8) is 0 Å². The average molecular weight is 830 g/mol. The molecule has 3 heterocycles. The second-order valence-corrected chi connectivity index (χ2v) is 23.1. The van der Waals surface area contributed by atoms with Gasteiger partial charge in [-0.05, 0) is 148 Å². The first-order chi connectivity index (χ1) is 29.8. The van der Waals surface area contributed by atoms with E-state index in [0.29, 0.717) is 0 Å². The summed E-state index contributed by atoms with van der Waals surface area (Å²) in [4.78, 5) is 7.96. The van der Waals surface area contributed by atoms with E-state index in [2.05, 4.69) is 219 Å². The van der Waals surface area contributed by atoms with E-state index < -0.39 is 0 Å².